The van der Waals surface area contributed by atoms with E-state index in [0.717, 1.165) is 22.7 Å². The molecule has 11 rings (SSSR count). The van der Waals surface area contributed by atoms with Gasteiger partial charge in [-0.3, -0.25) is 0 Å². The Balaban J connectivity index is 1.27. The highest BCUT2D eigenvalue weighted by atomic mass is 32.1. The van der Waals surface area contributed by atoms with E-state index < -0.39 is 0 Å². The van der Waals surface area contributed by atoms with E-state index in [1.807, 2.05) is 11.3 Å². The maximum Gasteiger partial charge on any atom is 0.0640 e. The summed E-state index contributed by atoms with van der Waals surface area (Å²) in [7, 11) is 0. The number of para-hydroxylation sites is 4. The van der Waals surface area contributed by atoms with Gasteiger partial charge in [0.05, 0.1) is 38.1 Å². The van der Waals surface area contributed by atoms with Crippen molar-refractivity contribution in [1.29, 1.82) is 0 Å². The van der Waals surface area contributed by atoms with Crippen LogP contribution >= 0.6 is 11.3 Å². The fourth-order valence-electron chi connectivity index (χ4n) is 8.31. The Morgan fingerprint density at radius 3 is 1.67 bits per heavy atom. The molecule has 0 atom stereocenters. The quantitative estimate of drug-likeness (QED) is 0.176. The lowest BCUT2D eigenvalue weighted by Gasteiger charge is -2.27. The van der Waals surface area contributed by atoms with Crippen LogP contribution in [0.1, 0.15) is 0 Å². The van der Waals surface area contributed by atoms with Gasteiger partial charge in [0.1, 0.15) is 0 Å². The zero-order valence-corrected chi connectivity index (χ0v) is 29.0. The van der Waals surface area contributed by atoms with Crippen LogP contribution in [0.5, 0.6) is 0 Å². The van der Waals surface area contributed by atoms with Gasteiger partial charge >= 0.3 is 0 Å². The summed E-state index contributed by atoms with van der Waals surface area (Å²) < 4.78 is 7.39. The van der Waals surface area contributed by atoms with Gasteiger partial charge in [-0.15, -0.1) is 11.3 Å². The van der Waals surface area contributed by atoms with Crippen LogP contribution in [0, 0.1) is 0 Å². The van der Waals surface area contributed by atoms with E-state index in [1.54, 1.807) is 0 Å². The van der Waals surface area contributed by atoms with Crippen molar-refractivity contribution >= 4 is 92.2 Å². The van der Waals surface area contributed by atoms with E-state index in [1.165, 1.54) is 69.5 Å². The maximum absolute atomic E-state index is 2.51. The van der Waals surface area contributed by atoms with Crippen LogP contribution in [-0.2, 0) is 0 Å². The molecule has 0 unspecified atom stereocenters. The smallest absolute Gasteiger partial charge is 0.0640 e. The first kappa shape index (κ1) is 29.1. The monoisotopic (exact) mass is 681 g/mol. The third-order valence-electron chi connectivity index (χ3n) is 10.5. The molecule has 0 N–H and O–H groups in total. The highest BCUT2D eigenvalue weighted by Gasteiger charge is 2.24. The summed E-state index contributed by atoms with van der Waals surface area (Å²) in [5.41, 5.74) is 10.5. The molecule has 0 saturated heterocycles. The van der Waals surface area contributed by atoms with Crippen molar-refractivity contribution in [3.05, 3.63) is 188 Å². The molecule has 3 heterocycles. The van der Waals surface area contributed by atoms with Gasteiger partial charge in [0.15, 0.2) is 0 Å². The zero-order chi connectivity index (χ0) is 34.2. The minimum Gasteiger partial charge on any atom is -0.309 e. The zero-order valence-electron chi connectivity index (χ0n) is 28.1. The summed E-state index contributed by atoms with van der Waals surface area (Å²) >= 11 is 1.87. The summed E-state index contributed by atoms with van der Waals surface area (Å²) in [6, 6.07) is 68.4. The van der Waals surface area contributed by atoms with Crippen LogP contribution in [0.4, 0.5) is 17.1 Å². The van der Waals surface area contributed by atoms with E-state index in [0.29, 0.717) is 0 Å². The normalized spacial score (nSPS) is 11.8. The predicted molar refractivity (Wildman–Crippen MR) is 223 cm³/mol. The first-order valence-electron chi connectivity index (χ1n) is 17.7. The predicted octanol–water partition coefficient (Wildman–Crippen LogP) is 13.7. The molecule has 4 heteroatoms. The minimum absolute atomic E-state index is 1.11. The average Bonchev–Trinajstić information content (AvgIpc) is 3.87. The molecule has 52 heavy (non-hydrogen) atoms. The Kier molecular flexibility index (Phi) is 6.42. The topological polar surface area (TPSA) is 13.1 Å². The third kappa shape index (κ3) is 4.25. The number of aromatic nitrogens is 2. The fraction of sp³-hybridized carbons (Fsp3) is 0. The summed E-state index contributed by atoms with van der Waals surface area (Å²) in [4.78, 5) is 2.51. The molecule has 8 aromatic carbocycles. The number of hydrogen-bond donors (Lipinski definition) is 0. The van der Waals surface area contributed by atoms with Crippen LogP contribution in [0.3, 0.4) is 0 Å². The molecule has 0 aliphatic heterocycles. The average molecular weight is 682 g/mol. The van der Waals surface area contributed by atoms with Gasteiger partial charge < -0.3 is 14.0 Å². The van der Waals surface area contributed by atoms with E-state index in [9.17, 15) is 0 Å². The summed E-state index contributed by atoms with van der Waals surface area (Å²) in [6.45, 7) is 0. The van der Waals surface area contributed by atoms with Crippen molar-refractivity contribution in [2.24, 2.45) is 0 Å². The molecule has 3 nitrogen and oxygen atoms in total. The molecule has 244 valence electrons. The molecule has 0 radical (unpaired) electrons. The lowest BCUT2D eigenvalue weighted by molar-refractivity contribution is 1.18. The number of hydrogen-bond acceptors (Lipinski definition) is 2. The molecule has 0 fully saturated rings. The summed E-state index contributed by atoms with van der Waals surface area (Å²) in [5, 5.41) is 7.51. The van der Waals surface area contributed by atoms with Crippen molar-refractivity contribution in [2.45, 2.75) is 0 Å². The highest BCUT2D eigenvalue weighted by Crippen LogP contribution is 2.49. The van der Waals surface area contributed by atoms with Gasteiger partial charge in [0.25, 0.3) is 0 Å². The van der Waals surface area contributed by atoms with Gasteiger partial charge in [-0.05, 0) is 72.8 Å². The second-order valence-electron chi connectivity index (χ2n) is 13.3. The number of rotatable bonds is 5. The van der Waals surface area contributed by atoms with E-state index >= 15 is 0 Å². The van der Waals surface area contributed by atoms with Crippen LogP contribution in [0.2, 0.25) is 0 Å². The fourth-order valence-corrected chi connectivity index (χ4v) is 9.52. The van der Waals surface area contributed by atoms with Gasteiger partial charge in [-0.1, -0.05) is 115 Å². The lowest BCUT2D eigenvalue weighted by atomic mass is 10.1. The second kappa shape index (κ2) is 11.5. The van der Waals surface area contributed by atoms with Gasteiger partial charge in [0.2, 0.25) is 0 Å². The van der Waals surface area contributed by atoms with Crippen molar-refractivity contribution < 1.29 is 0 Å². The number of fused-ring (bicyclic) bond motifs is 9. The van der Waals surface area contributed by atoms with E-state index in [4.69, 9.17) is 0 Å². The Bertz CT molecular complexity index is 3130. The number of anilines is 3. The summed E-state index contributed by atoms with van der Waals surface area (Å²) in [6.07, 6.45) is 0. The first-order chi connectivity index (χ1) is 25.8. The summed E-state index contributed by atoms with van der Waals surface area (Å²) in [5.74, 6) is 0. The molecule has 11 aromatic rings. The van der Waals surface area contributed by atoms with Crippen LogP contribution in [0.25, 0.3) is 75.2 Å². The largest absolute Gasteiger partial charge is 0.309 e. The van der Waals surface area contributed by atoms with Crippen LogP contribution in [-0.4, -0.2) is 9.13 Å². The molecule has 0 aliphatic carbocycles. The second-order valence-corrected chi connectivity index (χ2v) is 14.4. The lowest BCUT2D eigenvalue weighted by Crippen LogP contribution is -2.11. The van der Waals surface area contributed by atoms with Gasteiger partial charge in [0, 0.05) is 54.1 Å². The molecule has 0 saturated carbocycles. The van der Waals surface area contributed by atoms with Crippen LogP contribution in [0.15, 0.2) is 188 Å². The molecule has 0 aliphatic rings. The SMILES string of the molecule is c1ccc(-n2c3ccccc3c3ccc(N(c4cccc5c4sc4ccccc45)c4cccc5c4c4ccccc4n5-c4ccccc4)cc32)cc1. The number of nitrogens with zero attached hydrogens (tertiary/aromatic N) is 3. The molecule has 0 amide bonds. The van der Waals surface area contributed by atoms with Gasteiger partial charge in [-0.2, -0.15) is 0 Å². The third-order valence-corrected chi connectivity index (χ3v) is 11.7. The molecule has 0 bridgehead atoms. The Morgan fingerprint density at radius 1 is 0.365 bits per heavy atom. The van der Waals surface area contributed by atoms with Crippen molar-refractivity contribution in [3.63, 3.8) is 0 Å². The molecule has 0 spiro atoms. The molecule has 3 aromatic heterocycles. The number of thiophene rings is 1. The Morgan fingerprint density at radius 2 is 0.904 bits per heavy atom. The standard InChI is InChI=1S/C48H31N3S/c1-3-15-32(16-4-1)49-41-24-11-8-21-39(41)47-42(49)25-14-26-43(47)51(44-27-13-22-38-37-20-9-12-28-46(37)52-48(38)44)34-29-30-36-35-19-7-10-23-40(35)50(45(36)31-34)33-17-5-2-6-18-33/h1-31H. The van der Waals surface area contributed by atoms with E-state index in [-0.39, 0.29) is 0 Å². The highest BCUT2D eigenvalue weighted by molar-refractivity contribution is 7.26. The van der Waals surface area contributed by atoms with E-state index in [2.05, 4.69) is 202 Å². The van der Waals surface area contributed by atoms with Gasteiger partial charge in [-0.25, -0.2) is 0 Å². The van der Waals surface area contributed by atoms with Crippen molar-refractivity contribution in [1.82, 2.24) is 9.13 Å². The Labute approximate surface area is 304 Å². The van der Waals surface area contributed by atoms with Crippen molar-refractivity contribution in [2.75, 3.05) is 4.90 Å². The molecular formula is C48H31N3S. The number of benzene rings is 8. The maximum atomic E-state index is 2.51. The molecular weight excluding hydrogens is 651 g/mol. The van der Waals surface area contributed by atoms with Crippen molar-refractivity contribution in [3.8, 4) is 11.4 Å². The first-order valence-corrected chi connectivity index (χ1v) is 18.5. The van der Waals surface area contributed by atoms with Crippen LogP contribution < -0.4 is 4.90 Å². The minimum atomic E-state index is 1.11. The Hall–Kier alpha value is -6.62.